The van der Waals surface area contributed by atoms with Crippen LogP contribution in [0.3, 0.4) is 0 Å². The number of alkyl halides is 3. The third-order valence-corrected chi connectivity index (χ3v) is 3.57. The zero-order valence-electron chi connectivity index (χ0n) is 10.1. The Morgan fingerprint density at radius 1 is 1.30 bits per heavy atom. The van der Waals surface area contributed by atoms with Gasteiger partial charge in [0.1, 0.15) is 0 Å². The van der Waals surface area contributed by atoms with Crippen LogP contribution >= 0.6 is 0 Å². The summed E-state index contributed by atoms with van der Waals surface area (Å²) in [4.78, 5) is 2.42. The average molecular weight is 308 g/mol. The molecule has 1 N–H and O–H groups in total. The molecule has 1 aromatic rings. The van der Waals surface area contributed by atoms with Crippen LogP contribution in [0.1, 0.15) is 5.56 Å². The van der Waals surface area contributed by atoms with Gasteiger partial charge in [-0.3, -0.25) is 0 Å². The molecule has 0 spiro atoms. The van der Waals surface area contributed by atoms with Crippen molar-refractivity contribution in [2.45, 2.75) is 18.0 Å². The second-order valence-corrected chi connectivity index (χ2v) is 5.57. The average Bonchev–Trinajstić information content (AvgIpc) is 2.35. The minimum Gasteiger partial charge on any atom is -0.204 e. The quantitative estimate of drug-likeness (QED) is 0.496. The highest BCUT2D eigenvalue weighted by Gasteiger charge is 2.46. The molecule has 0 heterocycles. The van der Waals surface area contributed by atoms with Crippen LogP contribution in [0, 0.1) is 0 Å². The Morgan fingerprint density at radius 2 is 1.90 bits per heavy atom. The van der Waals surface area contributed by atoms with Crippen LogP contribution in [0.2, 0.25) is 0 Å². The zero-order valence-corrected chi connectivity index (χ0v) is 10.9. The molecule has 0 saturated carbocycles. The van der Waals surface area contributed by atoms with E-state index in [9.17, 15) is 21.6 Å². The number of hydrogen-bond acceptors (Lipinski definition) is 3. The highest BCUT2D eigenvalue weighted by molar-refractivity contribution is 7.90. The minimum atomic E-state index is -5.48. The largest absolute Gasteiger partial charge is 0.511 e. The number of benzene rings is 1. The van der Waals surface area contributed by atoms with Crippen molar-refractivity contribution in [1.82, 2.24) is 4.72 Å². The van der Waals surface area contributed by atoms with E-state index in [-0.39, 0.29) is 6.42 Å². The molecule has 0 aliphatic heterocycles. The van der Waals surface area contributed by atoms with Crippen molar-refractivity contribution in [3.63, 3.8) is 0 Å². The van der Waals surface area contributed by atoms with E-state index >= 15 is 0 Å². The normalized spacial score (nSPS) is 13.6. The van der Waals surface area contributed by atoms with Crippen LogP contribution in [-0.2, 0) is 16.4 Å². The summed E-state index contributed by atoms with van der Waals surface area (Å²) in [5.41, 5.74) is 3.41. The van der Waals surface area contributed by atoms with Crippen LogP contribution in [-0.4, -0.2) is 26.5 Å². The molecule has 0 radical (unpaired) electrons. The summed E-state index contributed by atoms with van der Waals surface area (Å²) in [5.74, 6) is 0. The van der Waals surface area contributed by atoms with E-state index < -0.39 is 28.1 Å². The SMILES string of the molecule is [N-]=[N+]=NC[C@H](Cc1ccccc1)NS(=O)(=O)C(F)(F)F. The van der Waals surface area contributed by atoms with Crippen LogP contribution in [0.5, 0.6) is 0 Å². The maximum absolute atomic E-state index is 12.3. The van der Waals surface area contributed by atoms with Gasteiger partial charge in [-0.05, 0) is 17.5 Å². The second kappa shape index (κ2) is 6.60. The third-order valence-electron chi connectivity index (χ3n) is 2.32. The van der Waals surface area contributed by atoms with Gasteiger partial charge in [0, 0.05) is 17.5 Å². The number of azide groups is 1. The first-order valence-electron chi connectivity index (χ1n) is 5.39. The smallest absolute Gasteiger partial charge is 0.204 e. The lowest BCUT2D eigenvalue weighted by molar-refractivity contribution is -0.0450. The van der Waals surface area contributed by atoms with Crippen molar-refractivity contribution >= 4 is 10.0 Å². The summed E-state index contributed by atoms with van der Waals surface area (Å²) in [5, 5.41) is 3.12. The standard InChI is InChI=1S/C10H11F3N4O2S/c11-10(12,13)20(18,19)16-9(7-15-17-14)6-8-4-2-1-3-5-8/h1-5,9,16H,6-7H2/t9-/m0/s1. The molecule has 20 heavy (non-hydrogen) atoms. The molecule has 0 aliphatic carbocycles. The first kappa shape index (κ1) is 16.3. The Morgan fingerprint density at radius 3 is 2.40 bits per heavy atom. The molecule has 110 valence electrons. The number of sulfonamides is 1. The summed E-state index contributed by atoms with van der Waals surface area (Å²) in [7, 11) is -5.48. The fourth-order valence-corrected chi connectivity index (χ4v) is 2.19. The fourth-order valence-electron chi connectivity index (χ4n) is 1.46. The Kier molecular flexibility index (Phi) is 5.37. The lowest BCUT2D eigenvalue weighted by Crippen LogP contribution is -2.45. The van der Waals surface area contributed by atoms with Gasteiger partial charge in [0.2, 0.25) is 0 Å². The predicted octanol–water partition coefficient (Wildman–Crippen LogP) is 2.35. The van der Waals surface area contributed by atoms with Crippen LogP contribution in [0.25, 0.3) is 10.4 Å². The van der Waals surface area contributed by atoms with Gasteiger partial charge in [-0.1, -0.05) is 35.4 Å². The van der Waals surface area contributed by atoms with Crippen molar-refractivity contribution in [3.05, 3.63) is 46.3 Å². The van der Waals surface area contributed by atoms with Gasteiger partial charge >= 0.3 is 15.5 Å². The lowest BCUT2D eigenvalue weighted by Gasteiger charge is -2.18. The van der Waals surface area contributed by atoms with Crippen LogP contribution in [0.4, 0.5) is 13.2 Å². The van der Waals surface area contributed by atoms with Crippen LogP contribution in [0.15, 0.2) is 35.4 Å². The fraction of sp³-hybridized carbons (Fsp3) is 0.400. The van der Waals surface area contributed by atoms with Crippen molar-refractivity contribution in [2.75, 3.05) is 6.54 Å². The first-order valence-corrected chi connectivity index (χ1v) is 6.88. The molecule has 0 aromatic heterocycles. The molecule has 10 heteroatoms. The molecule has 1 rings (SSSR count). The van der Waals surface area contributed by atoms with Gasteiger partial charge in [0.05, 0.1) is 0 Å². The molecular formula is C10H11F3N4O2S. The lowest BCUT2D eigenvalue weighted by atomic mass is 10.1. The summed E-state index contributed by atoms with van der Waals surface area (Å²) in [6.07, 6.45) is -0.0187. The predicted molar refractivity (Wildman–Crippen MR) is 66.1 cm³/mol. The van der Waals surface area contributed by atoms with Crippen molar-refractivity contribution in [3.8, 4) is 0 Å². The highest BCUT2D eigenvalue weighted by Crippen LogP contribution is 2.22. The number of hydrogen-bond donors (Lipinski definition) is 1. The summed E-state index contributed by atoms with van der Waals surface area (Å²) >= 11 is 0. The van der Waals surface area contributed by atoms with E-state index in [1.807, 2.05) is 0 Å². The molecule has 0 bridgehead atoms. The van der Waals surface area contributed by atoms with E-state index in [2.05, 4.69) is 10.0 Å². The summed E-state index contributed by atoms with van der Waals surface area (Å²) < 4.78 is 60.5. The summed E-state index contributed by atoms with van der Waals surface area (Å²) in [6.45, 7) is -0.416. The molecule has 0 amide bonds. The van der Waals surface area contributed by atoms with E-state index in [0.29, 0.717) is 5.56 Å². The van der Waals surface area contributed by atoms with Gasteiger partial charge in [-0.25, -0.2) is 13.1 Å². The van der Waals surface area contributed by atoms with Crippen molar-refractivity contribution in [2.24, 2.45) is 5.11 Å². The van der Waals surface area contributed by atoms with Crippen molar-refractivity contribution in [1.29, 1.82) is 0 Å². The molecule has 1 atom stereocenters. The summed E-state index contributed by atoms with van der Waals surface area (Å²) in [6, 6.07) is 7.14. The van der Waals surface area contributed by atoms with E-state index in [4.69, 9.17) is 5.53 Å². The minimum absolute atomic E-state index is 0.0187. The molecular weight excluding hydrogens is 297 g/mol. The molecule has 0 saturated heterocycles. The van der Waals surface area contributed by atoms with Gasteiger partial charge < -0.3 is 0 Å². The molecule has 6 nitrogen and oxygen atoms in total. The van der Waals surface area contributed by atoms with E-state index in [0.717, 1.165) is 0 Å². The number of nitrogens with zero attached hydrogens (tertiary/aromatic N) is 3. The first-order chi connectivity index (χ1) is 9.26. The maximum Gasteiger partial charge on any atom is 0.511 e. The molecule has 0 aliphatic rings. The van der Waals surface area contributed by atoms with Crippen LogP contribution < -0.4 is 4.72 Å². The molecule has 1 aromatic carbocycles. The molecule has 0 fully saturated rings. The van der Waals surface area contributed by atoms with Gasteiger partial charge in [-0.2, -0.15) is 13.2 Å². The van der Waals surface area contributed by atoms with Crippen molar-refractivity contribution < 1.29 is 21.6 Å². The zero-order chi connectivity index (χ0) is 15.2. The number of halogens is 3. The van der Waals surface area contributed by atoms with Gasteiger partial charge in [-0.15, -0.1) is 0 Å². The Labute approximate surface area is 113 Å². The van der Waals surface area contributed by atoms with Gasteiger partial charge in [0.15, 0.2) is 0 Å². The maximum atomic E-state index is 12.3. The molecule has 0 unspecified atom stereocenters. The van der Waals surface area contributed by atoms with E-state index in [1.165, 1.54) is 4.72 Å². The Hall–Kier alpha value is -1.77. The second-order valence-electron chi connectivity index (χ2n) is 3.87. The van der Waals surface area contributed by atoms with E-state index in [1.54, 1.807) is 30.3 Å². The highest BCUT2D eigenvalue weighted by atomic mass is 32.2. The number of nitrogens with one attached hydrogen (secondary N) is 1. The third kappa shape index (κ3) is 4.72. The number of rotatable bonds is 6. The monoisotopic (exact) mass is 308 g/mol. The Bertz CT molecular complexity index is 582. The Balaban J connectivity index is 2.88. The van der Waals surface area contributed by atoms with Gasteiger partial charge in [0.25, 0.3) is 0 Å². The topological polar surface area (TPSA) is 94.9 Å².